The fourth-order valence-electron chi connectivity index (χ4n) is 3.73. The van der Waals surface area contributed by atoms with Gasteiger partial charge in [-0.2, -0.15) is 5.26 Å². The van der Waals surface area contributed by atoms with Gasteiger partial charge >= 0.3 is 5.97 Å². The summed E-state index contributed by atoms with van der Waals surface area (Å²) in [6.45, 7) is 3.94. The number of nitrogens with zero attached hydrogens (tertiary/aromatic N) is 2. The van der Waals surface area contributed by atoms with E-state index in [0.29, 0.717) is 11.5 Å². The first-order valence-electron chi connectivity index (χ1n) is 9.41. The van der Waals surface area contributed by atoms with Gasteiger partial charge in [-0.3, -0.25) is 9.20 Å². The van der Waals surface area contributed by atoms with Crippen molar-refractivity contribution < 1.29 is 9.53 Å². The monoisotopic (exact) mass is 372 g/mol. The Morgan fingerprint density at radius 1 is 1.29 bits per heavy atom. The maximum Gasteiger partial charge on any atom is 0.343 e. The predicted molar refractivity (Wildman–Crippen MR) is 106 cm³/mol. The molecule has 0 amide bonds. The summed E-state index contributed by atoms with van der Waals surface area (Å²) in [6.07, 6.45) is 3.81. The number of esters is 1. The predicted octanol–water partition coefficient (Wildman–Crippen LogP) is 4.20. The van der Waals surface area contributed by atoms with Crippen molar-refractivity contribution >= 4 is 11.5 Å². The van der Waals surface area contributed by atoms with Gasteiger partial charge in [0.15, 0.2) is 0 Å². The van der Waals surface area contributed by atoms with E-state index < -0.39 is 5.97 Å². The van der Waals surface area contributed by atoms with E-state index in [1.807, 2.05) is 31.2 Å². The number of benzene rings is 1. The molecule has 2 heterocycles. The molecule has 0 aliphatic heterocycles. The van der Waals surface area contributed by atoms with Gasteiger partial charge in [0.2, 0.25) is 0 Å². The zero-order chi connectivity index (χ0) is 19.8. The minimum absolute atomic E-state index is 0.0832. The molecule has 0 radical (unpaired) electrons. The topological polar surface area (TPSA) is 71.6 Å². The molecule has 1 saturated carbocycles. The molecule has 5 heteroatoms. The molecule has 1 fully saturated rings. The van der Waals surface area contributed by atoms with Crippen LogP contribution < -0.4 is 5.56 Å². The van der Waals surface area contributed by atoms with Crippen molar-refractivity contribution in [3.8, 4) is 17.2 Å². The van der Waals surface area contributed by atoms with Crippen molar-refractivity contribution in [3.63, 3.8) is 0 Å². The first-order chi connectivity index (χ1) is 13.5. The number of rotatable bonds is 4. The lowest BCUT2D eigenvalue weighted by Gasteiger charge is -2.16. The molecule has 2 aromatic heterocycles. The lowest BCUT2D eigenvalue weighted by molar-refractivity contribution is 0.0524. The standard InChI is InChI=1S/C23H20N2O3/c1-3-28-23(27)20-12-19(16-7-8-16)21-14(2)18(9-10-25(21)22(20)26)17-6-4-5-15(11-17)13-24/h4-6,9-12,16H,3,7-8H2,1-2H3. The van der Waals surface area contributed by atoms with Crippen LogP contribution in [0.3, 0.4) is 0 Å². The van der Waals surface area contributed by atoms with Crippen molar-refractivity contribution in [2.75, 3.05) is 6.61 Å². The lowest BCUT2D eigenvalue weighted by Crippen LogP contribution is -2.25. The number of carbonyl (C=O) groups is 1. The highest BCUT2D eigenvalue weighted by atomic mass is 16.5. The van der Waals surface area contributed by atoms with Crippen LogP contribution in [-0.4, -0.2) is 17.0 Å². The normalized spacial score (nSPS) is 13.3. The molecule has 0 unspecified atom stereocenters. The maximum atomic E-state index is 13.0. The molecule has 5 nitrogen and oxygen atoms in total. The fourth-order valence-corrected chi connectivity index (χ4v) is 3.73. The molecule has 0 spiro atoms. The summed E-state index contributed by atoms with van der Waals surface area (Å²) < 4.78 is 6.64. The largest absolute Gasteiger partial charge is 0.462 e. The molecule has 1 aromatic carbocycles. The van der Waals surface area contributed by atoms with Crippen LogP contribution >= 0.6 is 0 Å². The van der Waals surface area contributed by atoms with E-state index in [2.05, 4.69) is 6.07 Å². The Balaban J connectivity index is 1.99. The number of ether oxygens (including phenoxy) is 1. The molecule has 0 saturated heterocycles. The minimum atomic E-state index is -0.577. The first kappa shape index (κ1) is 18.0. The summed E-state index contributed by atoms with van der Waals surface area (Å²) in [6, 6.07) is 13.2. The average molecular weight is 372 g/mol. The molecule has 0 bridgehead atoms. The van der Waals surface area contributed by atoms with Gasteiger partial charge in [0.25, 0.3) is 5.56 Å². The Morgan fingerprint density at radius 2 is 2.07 bits per heavy atom. The Morgan fingerprint density at radius 3 is 2.75 bits per heavy atom. The van der Waals surface area contributed by atoms with Crippen LogP contribution in [0.4, 0.5) is 0 Å². The second-order valence-corrected chi connectivity index (χ2v) is 7.08. The Labute approximate surface area is 162 Å². The highest BCUT2D eigenvalue weighted by molar-refractivity contribution is 5.91. The van der Waals surface area contributed by atoms with Crippen LogP contribution in [0.25, 0.3) is 16.6 Å². The number of fused-ring (bicyclic) bond motifs is 1. The van der Waals surface area contributed by atoms with Crippen LogP contribution in [0, 0.1) is 18.3 Å². The van der Waals surface area contributed by atoms with Gasteiger partial charge in [-0.25, -0.2) is 4.79 Å². The molecule has 140 valence electrons. The van der Waals surface area contributed by atoms with Crippen molar-refractivity contribution in [2.24, 2.45) is 0 Å². The SMILES string of the molecule is CCOC(=O)c1cc(C2CC2)c2c(C)c(-c3cccc(C#N)c3)ccn2c1=O. The van der Waals surface area contributed by atoms with Gasteiger partial charge in [0.05, 0.1) is 23.8 Å². The summed E-state index contributed by atoms with van der Waals surface area (Å²) in [4.78, 5) is 25.2. The van der Waals surface area contributed by atoms with Gasteiger partial charge in [-0.05, 0) is 79.1 Å². The lowest BCUT2D eigenvalue weighted by atomic mass is 9.96. The third-order valence-corrected chi connectivity index (χ3v) is 5.23. The molecule has 28 heavy (non-hydrogen) atoms. The first-order valence-corrected chi connectivity index (χ1v) is 9.41. The molecule has 1 aliphatic rings. The van der Waals surface area contributed by atoms with E-state index in [4.69, 9.17) is 4.74 Å². The number of aryl methyl sites for hydroxylation is 1. The zero-order valence-electron chi connectivity index (χ0n) is 15.9. The summed E-state index contributed by atoms with van der Waals surface area (Å²) in [5.41, 5.74) is 5.04. The summed E-state index contributed by atoms with van der Waals surface area (Å²) in [5.74, 6) is -0.226. The van der Waals surface area contributed by atoms with E-state index >= 15 is 0 Å². The molecule has 0 N–H and O–H groups in total. The summed E-state index contributed by atoms with van der Waals surface area (Å²) in [5, 5.41) is 9.20. The average Bonchev–Trinajstić information content (AvgIpc) is 3.54. The fraction of sp³-hybridized carbons (Fsp3) is 0.261. The van der Waals surface area contributed by atoms with Crippen molar-refractivity contribution in [1.29, 1.82) is 5.26 Å². The third kappa shape index (κ3) is 2.97. The highest BCUT2D eigenvalue weighted by Crippen LogP contribution is 2.43. The zero-order valence-corrected chi connectivity index (χ0v) is 15.9. The number of hydrogen-bond acceptors (Lipinski definition) is 4. The number of aromatic nitrogens is 1. The van der Waals surface area contributed by atoms with Gasteiger partial charge in [0, 0.05) is 6.20 Å². The van der Waals surface area contributed by atoms with Crippen LogP contribution in [0.2, 0.25) is 0 Å². The molecular weight excluding hydrogens is 352 g/mol. The van der Waals surface area contributed by atoms with E-state index in [1.165, 1.54) is 0 Å². The molecule has 3 aromatic rings. The van der Waals surface area contributed by atoms with E-state index in [0.717, 1.165) is 40.6 Å². The van der Waals surface area contributed by atoms with Crippen LogP contribution in [0.1, 0.15) is 52.7 Å². The molecule has 4 rings (SSSR count). The van der Waals surface area contributed by atoms with Crippen molar-refractivity contribution in [2.45, 2.75) is 32.6 Å². The second kappa shape index (κ2) is 6.97. The minimum Gasteiger partial charge on any atom is -0.462 e. The van der Waals surface area contributed by atoms with Crippen molar-refractivity contribution in [3.05, 3.63) is 75.2 Å². The second-order valence-electron chi connectivity index (χ2n) is 7.08. The van der Waals surface area contributed by atoms with Gasteiger partial charge in [0.1, 0.15) is 5.56 Å². The Kier molecular flexibility index (Phi) is 4.48. The summed E-state index contributed by atoms with van der Waals surface area (Å²) in [7, 11) is 0. The van der Waals surface area contributed by atoms with Crippen molar-refractivity contribution in [1.82, 2.24) is 4.40 Å². The number of pyridine rings is 2. The number of carbonyl (C=O) groups excluding carboxylic acids is 1. The van der Waals surface area contributed by atoms with Crippen LogP contribution in [0.15, 0.2) is 47.4 Å². The number of hydrogen-bond donors (Lipinski definition) is 0. The summed E-state index contributed by atoms with van der Waals surface area (Å²) >= 11 is 0. The van der Waals surface area contributed by atoms with Crippen LogP contribution in [0.5, 0.6) is 0 Å². The third-order valence-electron chi connectivity index (χ3n) is 5.23. The van der Waals surface area contributed by atoms with Gasteiger partial charge in [-0.15, -0.1) is 0 Å². The molecule has 0 atom stereocenters. The maximum absolute atomic E-state index is 13.0. The van der Waals surface area contributed by atoms with Gasteiger partial charge < -0.3 is 4.74 Å². The Bertz CT molecular complexity index is 1200. The van der Waals surface area contributed by atoms with E-state index in [1.54, 1.807) is 29.7 Å². The van der Waals surface area contributed by atoms with E-state index in [-0.39, 0.29) is 17.7 Å². The molecular formula is C23H20N2O3. The van der Waals surface area contributed by atoms with Gasteiger partial charge in [-0.1, -0.05) is 12.1 Å². The highest BCUT2D eigenvalue weighted by Gasteiger charge is 2.29. The smallest absolute Gasteiger partial charge is 0.343 e. The van der Waals surface area contributed by atoms with Crippen LogP contribution in [-0.2, 0) is 4.74 Å². The Hall–Kier alpha value is -3.39. The molecule has 1 aliphatic carbocycles. The van der Waals surface area contributed by atoms with E-state index in [9.17, 15) is 14.9 Å². The number of nitriles is 1. The quantitative estimate of drug-likeness (QED) is 0.644.